The number of carbonyl (C=O) groups is 1. The summed E-state index contributed by atoms with van der Waals surface area (Å²) >= 11 is 1.65. The Kier molecular flexibility index (Phi) is 4.24. The van der Waals surface area contributed by atoms with Gasteiger partial charge in [0.25, 0.3) is 5.91 Å². The fraction of sp³-hybridized carbons (Fsp3) is 0.286. The molecule has 2 rings (SSSR count). The fourth-order valence-electron chi connectivity index (χ4n) is 1.78. The highest BCUT2D eigenvalue weighted by atomic mass is 32.1. The smallest absolute Gasteiger partial charge is 0.253 e. The number of nitrogen functional groups attached to an aromatic ring is 1. The second-order valence-electron chi connectivity index (χ2n) is 4.70. The van der Waals surface area contributed by atoms with Crippen molar-refractivity contribution in [3.05, 3.63) is 39.8 Å². The molecule has 0 unspecified atom stereocenters. The normalized spacial score (nSPS) is 10.3. The SMILES string of the molecule is Cc1ncc(CNc2ccc(C(=O)N(C)C)cc2N)s1. The van der Waals surface area contributed by atoms with E-state index >= 15 is 0 Å². The van der Waals surface area contributed by atoms with Crippen LogP contribution in [0.1, 0.15) is 20.2 Å². The molecule has 1 heterocycles. The van der Waals surface area contributed by atoms with Gasteiger partial charge in [0.15, 0.2) is 0 Å². The zero-order valence-electron chi connectivity index (χ0n) is 11.8. The van der Waals surface area contributed by atoms with E-state index in [0.717, 1.165) is 15.6 Å². The van der Waals surface area contributed by atoms with Crippen LogP contribution in [0.3, 0.4) is 0 Å². The first-order valence-corrected chi connectivity index (χ1v) is 7.05. The van der Waals surface area contributed by atoms with Crippen LogP contribution in [0.4, 0.5) is 11.4 Å². The summed E-state index contributed by atoms with van der Waals surface area (Å²) in [6, 6.07) is 5.31. The van der Waals surface area contributed by atoms with E-state index in [9.17, 15) is 4.79 Å². The number of carbonyl (C=O) groups excluding carboxylic acids is 1. The average molecular weight is 290 g/mol. The molecule has 0 fully saturated rings. The molecule has 0 bridgehead atoms. The summed E-state index contributed by atoms with van der Waals surface area (Å²) < 4.78 is 0. The van der Waals surface area contributed by atoms with Crippen molar-refractivity contribution in [3.8, 4) is 0 Å². The molecule has 0 saturated heterocycles. The number of nitrogens with one attached hydrogen (secondary N) is 1. The Morgan fingerprint density at radius 3 is 2.75 bits per heavy atom. The maximum atomic E-state index is 11.8. The highest BCUT2D eigenvalue weighted by molar-refractivity contribution is 7.11. The van der Waals surface area contributed by atoms with Gasteiger partial charge in [0.1, 0.15) is 0 Å². The quantitative estimate of drug-likeness (QED) is 0.848. The first kappa shape index (κ1) is 14.3. The molecule has 1 amide bonds. The third-order valence-electron chi connectivity index (χ3n) is 2.83. The van der Waals surface area contributed by atoms with Crippen molar-refractivity contribution in [1.82, 2.24) is 9.88 Å². The minimum absolute atomic E-state index is 0.0543. The Labute approximate surface area is 122 Å². The zero-order valence-corrected chi connectivity index (χ0v) is 12.6. The van der Waals surface area contributed by atoms with Crippen molar-refractivity contribution >= 4 is 28.6 Å². The Balaban J connectivity index is 2.08. The van der Waals surface area contributed by atoms with E-state index in [1.165, 1.54) is 4.90 Å². The molecule has 0 aliphatic rings. The number of rotatable bonds is 4. The van der Waals surface area contributed by atoms with Crippen LogP contribution >= 0.6 is 11.3 Å². The fourth-order valence-corrected chi connectivity index (χ4v) is 2.52. The lowest BCUT2D eigenvalue weighted by molar-refractivity contribution is 0.0827. The van der Waals surface area contributed by atoms with Crippen molar-refractivity contribution in [2.75, 3.05) is 25.1 Å². The molecule has 5 nitrogen and oxygen atoms in total. The van der Waals surface area contributed by atoms with Crippen LogP contribution in [0, 0.1) is 6.92 Å². The lowest BCUT2D eigenvalue weighted by atomic mass is 10.1. The number of anilines is 2. The minimum Gasteiger partial charge on any atom is -0.397 e. The summed E-state index contributed by atoms with van der Waals surface area (Å²) in [5.41, 5.74) is 7.97. The summed E-state index contributed by atoms with van der Waals surface area (Å²) in [6.07, 6.45) is 1.85. The molecule has 0 aliphatic carbocycles. The first-order valence-electron chi connectivity index (χ1n) is 6.23. The molecular weight excluding hydrogens is 272 g/mol. The lowest BCUT2D eigenvalue weighted by Gasteiger charge is -2.13. The minimum atomic E-state index is -0.0543. The summed E-state index contributed by atoms with van der Waals surface area (Å²) in [6.45, 7) is 2.65. The van der Waals surface area contributed by atoms with Gasteiger partial charge in [-0.1, -0.05) is 0 Å². The molecule has 0 radical (unpaired) electrons. The molecular formula is C14H18N4OS. The molecule has 0 saturated carbocycles. The number of amides is 1. The maximum absolute atomic E-state index is 11.8. The van der Waals surface area contributed by atoms with Gasteiger partial charge in [0, 0.05) is 30.7 Å². The summed E-state index contributed by atoms with van der Waals surface area (Å²) in [4.78, 5) is 18.7. The molecule has 0 spiro atoms. The van der Waals surface area contributed by atoms with Crippen LogP contribution in [0.5, 0.6) is 0 Å². The molecule has 20 heavy (non-hydrogen) atoms. The van der Waals surface area contributed by atoms with Gasteiger partial charge in [0.2, 0.25) is 0 Å². The average Bonchev–Trinajstić information content (AvgIpc) is 2.82. The molecule has 6 heteroatoms. The van der Waals surface area contributed by atoms with Crippen LogP contribution < -0.4 is 11.1 Å². The van der Waals surface area contributed by atoms with Gasteiger partial charge in [0.05, 0.1) is 22.9 Å². The first-order chi connectivity index (χ1) is 9.47. The van der Waals surface area contributed by atoms with Gasteiger partial charge in [-0.15, -0.1) is 11.3 Å². The molecule has 0 atom stereocenters. The van der Waals surface area contributed by atoms with Crippen molar-refractivity contribution in [2.24, 2.45) is 0 Å². The van der Waals surface area contributed by atoms with Crippen LogP contribution in [-0.2, 0) is 6.54 Å². The number of nitrogens with two attached hydrogens (primary N) is 1. The van der Waals surface area contributed by atoms with Crippen LogP contribution in [0.2, 0.25) is 0 Å². The largest absolute Gasteiger partial charge is 0.397 e. The van der Waals surface area contributed by atoms with Gasteiger partial charge >= 0.3 is 0 Å². The van der Waals surface area contributed by atoms with Crippen molar-refractivity contribution in [3.63, 3.8) is 0 Å². The molecule has 106 valence electrons. The molecule has 3 N–H and O–H groups in total. The van der Waals surface area contributed by atoms with Crippen molar-refractivity contribution in [1.29, 1.82) is 0 Å². The zero-order chi connectivity index (χ0) is 14.7. The van der Waals surface area contributed by atoms with E-state index in [1.54, 1.807) is 37.6 Å². The number of thiazole rings is 1. The van der Waals surface area contributed by atoms with E-state index in [4.69, 9.17) is 5.73 Å². The van der Waals surface area contributed by atoms with E-state index in [2.05, 4.69) is 10.3 Å². The van der Waals surface area contributed by atoms with E-state index in [-0.39, 0.29) is 5.91 Å². The molecule has 0 aliphatic heterocycles. The number of aromatic nitrogens is 1. The molecule has 1 aromatic heterocycles. The van der Waals surface area contributed by atoms with Gasteiger partial charge in [-0.2, -0.15) is 0 Å². The third-order valence-corrected chi connectivity index (χ3v) is 3.74. The highest BCUT2D eigenvalue weighted by Crippen LogP contribution is 2.22. The van der Waals surface area contributed by atoms with Crippen molar-refractivity contribution < 1.29 is 4.79 Å². The predicted molar refractivity (Wildman–Crippen MR) is 83.0 cm³/mol. The van der Waals surface area contributed by atoms with Crippen LogP contribution in [-0.4, -0.2) is 29.9 Å². The molecule has 1 aromatic carbocycles. The maximum Gasteiger partial charge on any atom is 0.253 e. The van der Waals surface area contributed by atoms with E-state index < -0.39 is 0 Å². The number of aryl methyl sites for hydroxylation is 1. The third kappa shape index (κ3) is 3.27. The topological polar surface area (TPSA) is 71.2 Å². The Hall–Kier alpha value is -2.08. The van der Waals surface area contributed by atoms with Crippen molar-refractivity contribution in [2.45, 2.75) is 13.5 Å². The van der Waals surface area contributed by atoms with E-state index in [1.807, 2.05) is 19.2 Å². The lowest BCUT2D eigenvalue weighted by Crippen LogP contribution is -2.21. The number of hydrogen-bond donors (Lipinski definition) is 2. The number of nitrogens with zero attached hydrogens (tertiary/aromatic N) is 2. The van der Waals surface area contributed by atoms with E-state index in [0.29, 0.717) is 17.8 Å². The Morgan fingerprint density at radius 1 is 1.45 bits per heavy atom. The Morgan fingerprint density at radius 2 is 2.20 bits per heavy atom. The second-order valence-corrected chi connectivity index (χ2v) is 6.02. The summed E-state index contributed by atoms with van der Waals surface area (Å²) in [7, 11) is 3.44. The predicted octanol–water partition coefficient (Wildman–Crippen LogP) is 2.35. The number of hydrogen-bond acceptors (Lipinski definition) is 5. The van der Waals surface area contributed by atoms with Gasteiger partial charge in [-0.3, -0.25) is 4.79 Å². The highest BCUT2D eigenvalue weighted by Gasteiger charge is 2.10. The van der Waals surface area contributed by atoms with Gasteiger partial charge in [-0.05, 0) is 25.1 Å². The van der Waals surface area contributed by atoms with Crippen LogP contribution in [0.25, 0.3) is 0 Å². The Bertz CT molecular complexity index is 621. The standard InChI is InChI=1S/C14H18N4OS/c1-9-16-7-11(20-9)8-17-13-5-4-10(6-12(13)15)14(19)18(2)3/h4-7,17H,8,15H2,1-3H3. The van der Waals surface area contributed by atoms with Gasteiger partial charge in [-0.25, -0.2) is 4.98 Å². The number of benzene rings is 1. The van der Waals surface area contributed by atoms with Gasteiger partial charge < -0.3 is 16.0 Å². The monoisotopic (exact) mass is 290 g/mol. The molecule has 2 aromatic rings. The second kappa shape index (κ2) is 5.92. The summed E-state index contributed by atoms with van der Waals surface area (Å²) in [5, 5.41) is 4.30. The van der Waals surface area contributed by atoms with Crippen LogP contribution in [0.15, 0.2) is 24.4 Å². The summed E-state index contributed by atoms with van der Waals surface area (Å²) in [5.74, 6) is -0.0543.